The molecule has 2 fully saturated rings. The van der Waals surface area contributed by atoms with E-state index in [9.17, 15) is 5.11 Å². The van der Waals surface area contributed by atoms with Gasteiger partial charge < -0.3 is 15.7 Å². The Labute approximate surface area is 178 Å². The van der Waals surface area contributed by atoms with Crippen LogP contribution in [0.15, 0.2) is 24.7 Å². The molecule has 5 heterocycles. The van der Waals surface area contributed by atoms with Crippen LogP contribution in [0.4, 0.5) is 16.9 Å². The second-order valence-electron chi connectivity index (χ2n) is 7.88. The zero-order valence-electron chi connectivity index (χ0n) is 16.5. The maximum atomic E-state index is 9.26. The van der Waals surface area contributed by atoms with Crippen LogP contribution in [-0.4, -0.2) is 54.0 Å². The second-order valence-corrected chi connectivity index (χ2v) is 8.99. The fraction of sp³-hybridized carbons (Fsp3) is 0.500. The molecular formula is C20H24N8OS. The van der Waals surface area contributed by atoms with Crippen molar-refractivity contribution in [1.29, 1.82) is 5.26 Å². The minimum atomic E-state index is -0.0196. The molecular weight excluding hydrogens is 400 g/mol. The molecule has 3 N–H and O–H groups in total. The zero-order valence-corrected chi connectivity index (χ0v) is 17.3. The molecule has 2 bridgehead atoms. The van der Waals surface area contributed by atoms with E-state index < -0.39 is 0 Å². The first-order valence-electron chi connectivity index (χ1n) is 10.3. The number of hydrogen-bond acceptors (Lipinski definition) is 9. The van der Waals surface area contributed by atoms with Crippen LogP contribution in [0.5, 0.6) is 0 Å². The van der Waals surface area contributed by atoms with E-state index >= 15 is 0 Å². The molecule has 9 nitrogen and oxygen atoms in total. The molecule has 30 heavy (non-hydrogen) atoms. The van der Waals surface area contributed by atoms with E-state index in [4.69, 9.17) is 10.2 Å². The van der Waals surface area contributed by atoms with Gasteiger partial charge in [0.2, 0.25) is 5.95 Å². The molecule has 0 amide bonds. The highest BCUT2D eigenvalue weighted by atomic mass is 32.1. The van der Waals surface area contributed by atoms with Crippen molar-refractivity contribution in [3.8, 4) is 6.07 Å². The van der Waals surface area contributed by atoms with Crippen molar-refractivity contribution in [1.82, 2.24) is 24.3 Å². The molecule has 5 rings (SSSR count). The van der Waals surface area contributed by atoms with Gasteiger partial charge in [0.25, 0.3) is 0 Å². The Morgan fingerprint density at radius 1 is 1.27 bits per heavy atom. The summed E-state index contributed by atoms with van der Waals surface area (Å²) in [6.45, 7) is 0.861. The van der Waals surface area contributed by atoms with Crippen LogP contribution in [0, 0.1) is 11.3 Å². The molecule has 2 aliphatic heterocycles. The first-order valence-corrected chi connectivity index (χ1v) is 11.1. The summed E-state index contributed by atoms with van der Waals surface area (Å²) in [7, 11) is 0. The third-order valence-electron chi connectivity index (χ3n) is 6.03. The van der Waals surface area contributed by atoms with Crippen LogP contribution in [-0.2, 0) is 6.61 Å². The lowest BCUT2D eigenvalue weighted by Crippen LogP contribution is -2.47. The average molecular weight is 425 g/mol. The molecule has 156 valence electrons. The Morgan fingerprint density at radius 2 is 2.10 bits per heavy atom. The fourth-order valence-corrected chi connectivity index (χ4v) is 5.44. The van der Waals surface area contributed by atoms with Gasteiger partial charge in [-0.25, -0.2) is 9.97 Å². The van der Waals surface area contributed by atoms with Crippen molar-refractivity contribution >= 4 is 33.9 Å². The van der Waals surface area contributed by atoms with E-state index in [1.54, 1.807) is 12.4 Å². The first kappa shape index (κ1) is 19.2. The summed E-state index contributed by atoms with van der Waals surface area (Å²) >= 11 is 1.40. The molecule has 3 aromatic heterocycles. The molecule has 2 unspecified atom stereocenters. The van der Waals surface area contributed by atoms with Crippen LogP contribution in [0.25, 0.3) is 5.65 Å². The molecule has 2 atom stereocenters. The molecule has 10 heteroatoms. The van der Waals surface area contributed by atoms with E-state index in [2.05, 4.69) is 31.6 Å². The summed E-state index contributed by atoms with van der Waals surface area (Å²) in [5.41, 5.74) is 0.809. The highest BCUT2D eigenvalue weighted by Gasteiger charge is 2.40. The Bertz CT molecular complexity index is 1060. The van der Waals surface area contributed by atoms with E-state index in [1.807, 2.05) is 16.7 Å². The summed E-state index contributed by atoms with van der Waals surface area (Å²) in [5.74, 6) is 1.44. The summed E-state index contributed by atoms with van der Waals surface area (Å²) < 4.78 is 1.97. The molecule has 2 saturated heterocycles. The highest BCUT2D eigenvalue weighted by molar-refractivity contribution is 7.15. The lowest BCUT2D eigenvalue weighted by molar-refractivity contribution is 0.135. The van der Waals surface area contributed by atoms with Crippen LogP contribution in [0.1, 0.15) is 37.0 Å². The monoisotopic (exact) mass is 424 g/mol. The minimum Gasteiger partial charge on any atom is -0.391 e. The van der Waals surface area contributed by atoms with Crippen LogP contribution >= 0.6 is 11.3 Å². The van der Waals surface area contributed by atoms with Gasteiger partial charge >= 0.3 is 0 Å². The predicted octanol–water partition coefficient (Wildman–Crippen LogP) is 2.74. The molecule has 2 aliphatic rings. The number of hydrogen-bond donors (Lipinski definition) is 3. The molecule has 0 radical (unpaired) electrons. The smallest absolute Gasteiger partial charge is 0.210 e. The molecule has 0 spiro atoms. The van der Waals surface area contributed by atoms with Gasteiger partial charge in [0, 0.05) is 55.7 Å². The van der Waals surface area contributed by atoms with E-state index in [1.165, 1.54) is 24.2 Å². The van der Waals surface area contributed by atoms with E-state index in [-0.39, 0.29) is 6.61 Å². The Balaban J connectivity index is 1.34. The normalized spacial score (nSPS) is 23.5. The van der Waals surface area contributed by atoms with Gasteiger partial charge in [0.05, 0.1) is 17.6 Å². The number of aliphatic hydroxyl groups is 1. The summed E-state index contributed by atoms with van der Waals surface area (Å²) in [5, 5.41) is 25.8. The van der Waals surface area contributed by atoms with Crippen molar-refractivity contribution in [2.75, 3.05) is 17.2 Å². The van der Waals surface area contributed by atoms with Crippen LogP contribution in [0.2, 0.25) is 0 Å². The van der Waals surface area contributed by atoms with Gasteiger partial charge in [-0.05, 0) is 25.7 Å². The third-order valence-corrected chi connectivity index (χ3v) is 6.93. The Morgan fingerprint density at radius 3 is 2.83 bits per heavy atom. The third kappa shape index (κ3) is 3.71. The SMILES string of the molecule is N#CCCN1C2CCC1CC(Nc1nc(Nc3ncc(CO)s3)cc3nccn13)C2. The quantitative estimate of drug-likeness (QED) is 0.530. The second kappa shape index (κ2) is 8.18. The van der Waals surface area contributed by atoms with Crippen molar-refractivity contribution in [2.45, 2.75) is 56.8 Å². The standard InChI is InChI=1S/C20H24N8OS/c21-4-1-6-27-14-2-3-15(27)9-13(8-14)24-19-25-17(10-18-22-5-7-28(18)19)26-20-23-11-16(12-29)30-20/h5,7,10-11,13-15,29H,1-3,6,8-9,12H2,(H,23,26)(H,24,25). The number of imidazole rings is 1. The van der Waals surface area contributed by atoms with Crippen molar-refractivity contribution in [3.05, 3.63) is 29.5 Å². The summed E-state index contributed by atoms with van der Waals surface area (Å²) in [6, 6.07) is 5.60. The number of nitrogens with zero attached hydrogens (tertiary/aromatic N) is 6. The van der Waals surface area contributed by atoms with Gasteiger partial charge in [-0.2, -0.15) is 10.2 Å². The van der Waals surface area contributed by atoms with Gasteiger partial charge in [0.1, 0.15) is 11.5 Å². The number of nitriles is 1. The molecule has 3 aromatic rings. The minimum absolute atomic E-state index is 0.0196. The molecule has 0 saturated carbocycles. The Hall–Kier alpha value is -2.74. The maximum Gasteiger partial charge on any atom is 0.210 e. The highest BCUT2D eigenvalue weighted by Crippen LogP contribution is 2.37. The first-order chi connectivity index (χ1) is 14.7. The lowest BCUT2D eigenvalue weighted by atomic mass is 9.97. The number of thiazole rings is 1. The molecule has 0 aromatic carbocycles. The van der Waals surface area contributed by atoms with Crippen LogP contribution in [0.3, 0.4) is 0 Å². The fourth-order valence-electron chi connectivity index (χ4n) is 4.76. The van der Waals surface area contributed by atoms with Crippen molar-refractivity contribution < 1.29 is 5.11 Å². The lowest BCUT2D eigenvalue weighted by Gasteiger charge is -2.39. The van der Waals surface area contributed by atoms with Gasteiger partial charge in [-0.1, -0.05) is 11.3 Å². The number of anilines is 3. The number of aliphatic hydroxyl groups excluding tert-OH is 1. The average Bonchev–Trinajstić information content (AvgIpc) is 3.45. The zero-order chi connectivity index (χ0) is 20.5. The number of piperidine rings is 1. The van der Waals surface area contributed by atoms with Crippen molar-refractivity contribution in [2.24, 2.45) is 0 Å². The van der Waals surface area contributed by atoms with E-state index in [0.29, 0.717) is 35.5 Å². The predicted molar refractivity (Wildman–Crippen MR) is 115 cm³/mol. The van der Waals surface area contributed by atoms with E-state index in [0.717, 1.165) is 35.9 Å². The van der Waals surface area contributed by atoms with Gasteiger partial charge in [-0.15, -0.1) is 0 Å². The van der Waals surface area contributed by atoms with Crippen LogP contribution < -0.4 is 10.6 Å². The summed E-state index contributed by atoms with van der Waals surface area (Å²) in [6.07, 6.45) is 10.5. The number of rotatable bonds is 7. The topological polar surface area (TPSA) is 114 Å². The maximum absolute atomic E-state index is 9.26. The van der Waals surface area contributed by atoms with Gasteiger partial charge in [0.15, 0.2) is 5.13 Å². The molecule has 0 aliphatic carbocycles. The number of nitrogens with one attached hydrogen (secondary N) is 2. The van der Waals surface area contributed by atoms with Crippen molar-refractivity contribution in [3.63, 3.8) is 0 Å². The summed E-state index contributed by atoms with van der Waals surface area (Å²) in [4.78, 5) is 16.8. The largest absolute Gasteiger partial charge is 0.391 e. The number of aromatic nitrogens is 4. The van der Waals surface area contributed by atoms with Gasteiger partial charge in [-0.3, -0.25) is 9.30 Å². The number of fused-ring (bicyclic) bond motifs is 3. The Kier molecular flexibility index (Phi) is 5.25.